The number of carboxylic acid groups (broad SMARTS) is 1. The average Bonchev–Trinajstić information content (AvgIpc) is 3.22. The van der Waals surface area contributed by atoms with E-state index in [2.05, 4.69) is 15.5 Å². The Balaban J connectivity index is 1.65. The highest BCUT2D eigenvalue weighted by molar-refractivity contribution is 5.95. The van der Waals surface area contributed by atoms with Gasteiger partial charge in [0.15, 0.2) is 0 Å². The number of aliphatic carboxylic acids is 1. The van der Waals surface area contributed by atoms with Crippen LogP contribution in [0.15, 0.2) is 18.6 Å². The van der Waals surface area contributed by atoms with E-state index in [1.54, 1.807) is 17.1 Å². The SMILES string of the molecule is CCn1ncc(Cn2cc(NC(=O)[C@H]3CCCC[C@@H]3C(=O)O)cn2)c1C. The molecule has 0 unspecified atom stereocenters. The third-order valence-corrected chi connectivity index (χ3v) is 5.16. The Labute approximate surface area is 152 Å². The van der Waals surface area contributed by atoms with Crippen molar-refractivity contribution < 1.29 is 14.7 Å². The van der Waals surface area contributed by atoms with Crippen LogP contribution in [0.1, 0.15) is 43.9 Å². The minimum atomic E-state index is -0.885. The van der Waals surface area contributed by atoms with E-state index >= 15 is 0 Å². The molecule has 0 spiro atoms. The number of carbonyl (C=O) groups excluding carboxylic acids is 1. The molecule has 1 aliphatic carbocycles. The van der Waals surface area contributed by atoms with Crippen LogP contribution in [0, 0.1) is 18.8 Å². The number of nitrogens with one attached hydrogen (secondary N) is 1. The first-order valence-electron chi connectivity index (χ1n) is 9.07. The van der Waals surface area contributed by atoms with Crippen LogP contribution >= 0.6 is 0 Å². The van der Waals surface area contributed by atoms with E-state index in [-0.39, 0.29) is 5.91 Å². The molecular formula is C18H25N5O3. The fourth-order valence-corrected chi connectivity index (χ4v) is 3.62. The first-order chi connectivity index (χ1) is 12.5. The summed E-state index contributed by atoms with van der Waals surface area (Å²) in [6.07, 6.45) is 8.12. The second kappa shape index (κ2) is 7.72. The summed E-state index contributed by atoms with van der Waals surface area (Å²) in [7, 11) is 0. The maximum absolute atomic E-state index is 12.5. The van der Waals surface area contributed by atoms with Crippen molar-refractivity contribution in [3.05, 3.63) is 29.8 Å². The lowest BCUT2D eigenvalue weighted by atomic mass is 9.78. The number of aromatic nitrogens is 4. The Bertz CT molecular complexity index is 795. The number of aryl methyl sites for hydroxylation is 1. The Kier molecular flexibility index (Phi) is 5.39. The van der Waals surface area contributed by atoms with Gasteiger partial charge in [0, 0.05) is 24.0 Å². The molecule has 26 heavy (non-hydrogen) atoms. The van der Waals surface area contributed by atoms with E-state index in [4.69, 9.17) is 0 Å². The van der Waals surface area contributed by atoms with Gasteiger partial charge < -0.3 is 10.4 Å². The zero-order valence-electron chi connectivity index (χ0n) is 15.2. The topological polar surface area (TPSA) is 102 Å². The summed E-state index contributed by atoms with van der Waals surface area (Å²) in [5.41, 5.74) is 2.76. The molecule has 1 amide bonds. The average molecular weight is 359 g/mol. The second-order valence-corrected chi connectivity index (χ2v) is 6.82. The zero-order valence-corrected chi connectivity index (χ0v) is 15.2. The molecule has 2 heterocycles. The highest BCUT2D eigenvalue weighted by Gasteiger charge is 2.35. The van der Waals surface area contributed by atoms with Crippen molar-refractivity contribution in [2.45, 2.75) is 52.6 Å². The molecule has 0 radical (unpaired) electrons. The molecule has 2 atom stereocenters. The minimum Gasteiger partial charge on any atom is -0.481 e. The monoisotopic (exact) mass is 359 g/mol. The minimum absolute atomic E-state index is 0.230. The van der Waals surface area contributed by atoms with Crippen molar-refractivity contribution in [3.8, 4) is 0 Å². The Hall–Kier alpha value is -2.64. The molecule has 1 aliphatic rings. The smallest absolute Gasteiger partial charge is 0.307 e. The molecule has 1 saturated carbocycles. The van der Waals surface area contributed by atoms with E-state index in [0.29, 0.717) is 25.1 Å². The third kappa shape index (κ3) is 3.79. The summed E-state index contributed by atoms with van der Waals surface area (Å²) < 4.78 is 3.67. The summed E-state index contributed by atoms with van der Waals surface area (Å²) in [5.74, 6) is -2.19. The van der Waals surface area contributed by atoms with Crippen molar-refractivity contribution in [2.24, 2.45) is 11.8 Å². The van der Waals surface area contributed by atoms with Crippen LogP contribution in [0.25, 0.3) is 0 Å². The normalized spacial score (nSPS) is 20.1. The molecule has 8 nitrogen and oxygen atoms in total. The zero-order chi connectivity index (χ0) is 18.7. The number of anilines is 1. The van der Waals surface area contributed by atoms with E-state index in [1.165, 1.54) is 0 Å². The van der Waals surface area contributed by atoms with Crippen molar-refractivity contribution >= 4 is 17.6 Å². The van der Waals surface area contributed by atoms with Crippen LogP contribution in [0.4, 0.5) is 5.69 Å². The standard InChI is InChI=1S/C18H25N5O3/c1-3-23-12(2)13(8-20-23)10-22-11-14(9-19-22)21-17(24)15-6-4-5-7-16(15)18(25)26/h8-9,11,15-16H,3-7,10H2,1-2H3,(H,21,24)(H,25,26)/t15-,16-/m0/s1. The number of hydrogen-bond acceptors (Lipinski definition) is 4. The summed E-state index contributed by atoms with van der Waals surface area (Å²) in [6.45, 7) is 5.45. The number of carboxylic acids is 1. The van der Waals surface area contributed by atoms with E-state index < -0.39 is 17.8 Å². The van der Waals surface area contributed by atoms with Crippen LogP contribution < -0.4 is 5.32 Å². The van der Waals surface area contributed by atoms with Gasteiger partial charge in [-0.1, -0.05) is 12.8 Å². The van der Waals surface area contributed by atoms with Gasteiger partial charge in [0.05, 0.1) is 36.5 Å². The van der Waals surface area contributed by atoms with Crippen LogP contribution in [-0.4, -0.2) is 36.5 Å². The Morgan fingerprint density at radius 1 is 1.23 bits per heavy atom. The summed E-state index contributed by atoms with van der Waals surface area (Å²) in [5, 5.41) is 20.8. The number of amides is 1. The van der Waals surface area contributed by atoms with E-state index in [0.717, 1.165) is 30.6 Å². The van der Waals surface area contributed by atoms with Gasteiger partial charge in [0.25, 0.3) is 0 Å². The van der Waals surface area contributed by atoms with Crippen LogP contribution in [0.2, 0.25) is 0 Å². The third-order valence-electron chi connectivity index (χ3n) is 5.16. The first-order valence-corrected chi connectivity index (χ1v) is 9.07. The molecule has 140 valence electrons. The summed E-state index contributed by atoms with van der Waals surface area (Å²) in [6, 6.07) is 0. The van der Waals surface area contributed by atoms with E-state index in [1.807, 2.05) is 24.7 Å². The predicted molar refractivity (Wildman–Crippen MR) is 95.7 cm³/mol. The molecule has 8 heteroatoms. The quantitative estimate of drug-likeness (QED) is 0.824. The fraction of sp³-hybridized carbons (Fsp3) is 0.556. The van der Waals surface area contributed by atoms with Crippen molar-refractivity contribution in [3.63, 3.8) is 0 Å². The Morgan fingerprint density at radius 2 is 1.96 bits per heavy atom. The number of rotatable bonds is 6. The van der Waals surface area contributed by atoms with Crippen LogP contribution in [-0.2, 0) is 22.7 Å². The first kappa shape index (κ1) is 18.2. The summed E-state index contributed by atoms with van der Waals surface area (Å²) in [4.78, 5) is 23.9. The predicted octanol–water partition coefficient (Wildman–Crippen LogP) is 2.29. The van der Waals surface area contributed by atoms with Crippen molar-refractivity contribution in [2.75, 3.05) is 5.32 Å². The van der Waals surface area contributed by atoms with Crippen LogP contribution in [0.5, 0.6) is 0 Å². The van der Waals surface area contributed by atoms with Crippen LogP contribution in [0.3, 0.4) is 0 Å². The second-order valence-electron chi connectivity index (χ2n) is 6.82. The molecule has 0 bridgehead atoms. The molecular weight excluding hydrogens is 334 g/mol. The number of nitrogens with zero attached hydrogens (tertiary/aromatic N) is 4. The highest BCUT2D eigenvalue weighted by Crippen LogP contribution is 2.31. The maximum atomic E-state index is 12.5. The number of carbonyl (C=O) groups is 2. The van der Waals surface area contributed by atoms with Crippen molar-refractivity contribution in [1.29, 1.82) is 0 Å². The summed E-state index contributed by atoms with van der Waals surface area (Å²) >= 11 is 0. The molecule has 0 aromatic carbocycles. The van der Waals surface area contributed by atoms with Gasteiger partial charge in [-0.15, -0.1) is 0 Å². The van der Waals surface area contributed by atoms with E-state index in [9.17, 15) is 14.7 Å². The largest absolute Gasteiger partial charge is 0.481 e. The molecule has 1 fully saturated rings. The van der Waals surface area contributed by atoms with Gasteiger partial charge in [-0.3, -0.25) is 19.0 Å². The molecule has 2 aromatic rings. The van der Waals surface area contributed by atoms with Gasteiger partial charge in [0.1, 0.15) is 0 Å². The molecule has 0 aliphatic heterocycles. The molecule has 0 saturated heterocycles. The Morgan fingerprint density at radius 3 is 2.62 bits per heavy atom. The van der Waals surface area contributed by atoms with Gasteiger partial charge in [-0.05, 0) is 26.7 Å². The highest BCUT2D eigenvalue weighted by atomic mass is 16.4. The molecule has 3 rings (SSSR count). The van der Waals surface area contributed by atoms with Gasteiger partial charge >= 0.3 is 5.97 Å². The van der Waals surface area contributed by atoms with Gasteiger partial charge in [-0.25, -0.2) is 0 Å². The molecule has 2 N–H and O–H groups in total. The lowest BCUT2D eigenvalue weighted by molar-refractivity contribution is -0.147. The van der Waals surface area contributed by atoms with Gasteiger partial charge in [-0.2, -0.15) is 10.2 Å². The lowest BCUT2D eigenvalue weighted by Crippen LogP contribution is -2.35. The van der Waals surface area contributed by atoms with Crippen molar-refractivity contribution in [1.82, 2.24) is 19.6 Å². The van der Waals surface area contributed by atoms with Gasteiger partial charge in [0.2, 0.25) is 5.91 Å². The fourth-order valence-electron chi connectivity index (χ4n) is 3.62. The molecule has 2 aromatic heterocycles. The number of hydrogen-bond donors (Lipinski definition) is 2. The maximum Gasteiger partial charge on any atom is 0.307 e. The lowest BCUT2D eigenvalue weighted by Gasteiger charge is -2.27.